The molecular weight excluding hydrogens is 500 g/mol. The molecule has 0 radical (unpaired) electrons. The number of hydrogen-bond donors (Lipinski definition) is 1. The van der Waals surface area contributed by atoms with Gasteiger partial charge >= 0.3 is 5.97 Å². The number of carbonyl (C=O) groups is 1. The standard InChI is InChI=1S/C21H18Br2N4O2/c1-12-9-14(3-5-16(12)21(28)29-2)19-17(11-24)20(25)27(26-19)8-7-13-10-15(22)4-6-18(13)23/h3-6,9-10H,7-8,25H2,1-2H3. The minimum atomic E-state index is -0.404. The lowest BCUT2D eigenvalue weighted by Crippen LogP contribution is -2.08. The topological polar surface area (TPSA) is 93.9 Å². The second-order valence-electron chi connectivity index (χ2n) is 6.45. The van der Waals surface area contributed by atoms with E-state index >= 15 is 0 Å². The number of esters is 1. The molecule has 2 aromatic carbocycles. The van der Waals surface area contributed by atoms with Crippen LogP contribution in [0.1, 0.15) is 27.0 Å². The number of halogens is 2. The van der Waals surface area contributed by atoms with E-state index in [1.165, 1.54) is 7.11 Å². The third-order valence-corrected chi connectivity index (χ3v) is 5.88. The minimum Gasteiger partial charge on any atom is -0.465 e. The lowest BCUT2D eigenvalue weighted by Gasteiger charge is -2.07. The summed E-state index contributed by atoms with van der Waals surface area (Å²) < 4.78 is 8.42. The van der Waals surface area contributed by atoms with Gasteiger partial charge in [-0.25, -0.2) is 9.48 Å². The number of nitrogen functional groups attached to an aromatic ring is 1. The summed E-state index contributed by atoms with van der Waals surface area (Å²) in [6.45, 7) is 2.34. The van der Waals surface area contributed by atoms with E-state index in [2.05, 4.69) is 43.0 Å². The highest BCUT2D eigenvalue weighted by molar-refractivity contribution is 9.11. The van der Waals surface area contributed by atoms with Gasteiger partial charge in [-0.3, -0.25) is 0 Å². The average Bonchev–Trinajstić information content (AvgIpc) is 3.03. The Labute approximate surface area is 185 Å². The van der Waals surface area contributed by atoms with Crippen LogP contribution in [0.15, 0.2) is 45.3 Å². The van der Waals surface area contributed by atoms with Crippen molar-refractivity contribution in [2.24, 2.45) is 0 Å². The molecule has 0 aliphatic rings. The molecule has 0 amide bonds. The fourth-order valence-electron chi connectivity index (χ4n) is 3.07. The lowest BCUT2D eigenvalue weighted by atomic mass is 10.0. The first-order chi connectivity index (χ1) is 13.8. The maximum Gasteiger partial charge on any atom is 0.338 e. The fourth-order valence-corrected chi connectivity index (χ4v) is 3.92. The van der Waals surface area contributed by atoms with E-state index in [9.17, 15) is 10.1 Å². The molecule has 0 fully saturated rings. The van der Waals surface area contributed by atoms with Crippen molar-refractivity contribution < 1.29 is 9.53 Å². The van der Waals surface area contributed by atoms with Gasteiger partial charge in [0.05, 0.1) is 12.7 Å². The van der Waals surface area contributed by atoms with Gasteiger partial charge in [-0.2, -0.15) is 10.4 Å². The molecule has 3 rings (SSSR count). The van der Waals surface area contributed by atoms with Gasteiger partial charge in [0.25, 0.3) is 0 Å². The Balaban J connectivity index is 1.94. The van der Waals surface area contributed by atoms with Gasteiger partial charge in [0.1, 0.15) is 23.1 Å². The van der Waals surface area contributed by atoms with Crippen LogP contribution in [0.2, 0.25) is 0 Å². The maximum absolute atomic E-state index is 11.8. The molecule has 3 aromatic rings. The molecule has 8 heteroatoms. The molecule has 0 atom stereocenters. The number of rotatable bonds is 5. The Morgan fingerprint density at radius 3 is 2.69 bits per heavy atom. The monoisotopic (exact) mass is 516 g/mol. The number of aromatic nitrogens is 2. The van der Waals surface area contributed by atoms with E-state index in [-0.39, 0.29) is 0 Å². The number of aryl methyl sites for hydroxylation is 3. The molecule has 148 valence electrons. The lowest BCUT2D eigenvalue weighted by molar-refractivity contribution is 0.0600. The van der Waals surface area contributed by atoms with E-state index in [0.29, 0.717) is 35.6 Å². The molecule has 0 bridgehead atoms. The van der Waals surface area contributed by atoms with Crippen molar-refractivity contribution in [2.75, 3.05) is 12.8 Å². The molecule has 0 unspecified atom stereocenters. The molecule has 29 heavy (non-hydrogen) atoms. The summed E-state index contributed by atoms with van der Waals surface area (Å²) in [5, 5.41) is 14.2. The largest absolute Gasteiger partial charge is 0.465 e. The first-order valence-electron chi connectivity index (χ1n) is 8.75. The summed E-state index contributed by atoms with van der Waals surface area (Å²) in [6, 6.07) is 13.4. The zero-order valence-electron chi connectivity index (χ0n) is 15.9. The number of nitriles is 1. The predicted molar refractivity (Wildman–Crippen MR) is 118 cm³/mol. The van der Waals surface area contributed by atoms with Crippen LogP contribution >= 0.6 is 31.9 Å². The molecule has 2 N–H and O–H groups in total. The normalized spacial score (nSPS) is 10.6. The molecular formula is C21H18Br2N4O2. The molecule has 6 nitrogen and oxygen atoms in total. The Kier molecular flexibility index (Phi) is 6.40. The fraction of sp³-hybridized carbons (Fsp3) is 0.190. The maximum atomic E-state index is 11.8. The Morgan fingerprint density at radius 1 is 1.28 bits per heavy atom. The van der Waals surface area contributed by atoms with Crippen LogP contribution in [0.4, 0.5) is 5.82 Å². The number of carbonyl (C=O) groups excluding carboxylic acids is 1. The van der Waals surface area contributed by atoms with E-state index in [4.69, 9.17) is 10.5 Å². The SMILES string of the molecule is COC(=O)c1ccc(-c2nn(CCc3cc(Br)ccc3Br)c(N)c2C#N)cc1C. The molecule has 0 aliphatic carbocycles. The van der Waals surface area contributed by atoms with Gasteiger partial charge < -0.3 is 10.5 Å². The first kappa shape index (κ1) is 21.1. The van der Waals surface area contributed by atoms with Crippen molar-refractivity contribution in [2.45, 2.75) is 19.9 Å². The van der Waals surface area contributed by atoms with Crippen LogP contribution in [0, 0.1) is 18.3 Å². The van der Waals surface area contributed by atoms with Gasteiger partial charge in [0, 0.05) is 21.1 Å². The Morgan fingerprint density at radius 2 is 2.03 bits per heavy atom. The van der Waals surface area contributed by atoms with Crippen molar-refractivity contribution in [1.29, 1.82) is 5.26 Å². The average molecular weight is 518 g/mol. The van der Waals surface area contributed by atoms with Gasteiger partial charge in [0.2, 0.25) is 0 Å². The predicted octanol–water partition coefficient (Wildman–Crippen LogP) is 4.87. The third-order valence-electron chi connectivity index (χ3n) is 4.61. The minimum absolute atomic E-state index is 0.323. The van der Waals surface area contributed by atoms with Crippen LogP contribution < -0.4 is 5.73 Å². The van der Waals surface area contributed by atoms with Crippen molar-refractivity contribution in [3.63, 3.8) is 0 Å². The Bertz CT molecular complexity index is 1130. The number of anilines is 1. The Hall–Kier alpha value is -2.63. The molecule has 0 spiro atoms. The van der Waals surface area contributed by atoms with Crippen LogP contribution in [0.5, 0.6) is 0 Å². The zero-order chi connectivity index (χ0) is 21.1. The first-order valence-corrected chi connectivity index (χ1v) is 10.3. The number of nitrogens with zero attached hydrogens (tertiary/aromatic N) is 3. The van der Waals surface area contributed by atoms with E-state index in [1.807, 2.05) is 31.2 Å². The summed E-state index contributed by atoms with van der Waals surface area (Å²) in [6.07, 6.45) is 0.691. The number of hydrogen-bond acceptors (Lipinski definition) is 5. The highest BCUT2D eigenvalue weighted by atomic mass is 79.9. The number of ether oxygens (including phenoxy) is 1. The summed E-state index contributed by atoms with van der Waals surface area (Å²) in [5.41, 5.74) is 10.1. The second kappa shape index (κ2) is 8.80. The van der Waals surface area contributed by atoms with Gasteiger partial charge in [-0.15, -0.1) is 0 Å². The van der Waals surface area contributed by atoms with E-state index in [1.54, 1.807) is 16.8 Å². The number of methoxy groups -OCH3 is 1. The van der Waals surface area contributed by atoms with Crippen molar-refractivity contribution in [3.8, 4) is 17.3 Å². The smallest absolute Gasteiger partial charge is 0.338 e. The van der Waals surface area contributed by atoms with Crippen molar-refractivity contribution >= 4 is 43.6 Å². The summed E-state index contributed by atoms with van der Waals surface area (Å²) in [5.74, 6) is -0.0810. The van der Waals surface area contributed by atoms with Crippen LogP contribution in [-0.4, -0.2) is 22.9 Å². The van der Waals surface area contributed by atoms with Crippen LogP contribution in [0.25, 0.3) is 11.3 Å². The summed E-state index contributed by atoms with van der Waals surface area (Å²) in [4.78, 5) is 11.8. The zero-order valence-corrected chi connectivity index (χ0v) is 19.0. The molecule has 1 aromatic heterocycles. The van der Waals surface area contributed by atoms with Gasteiger partial charge in [0.15, 0.2) is 0 Å². The van der Waals surface area contributed by atoms with Crippen LogP contribution in [0.3, 0.4) is 0 Å². The number of benzene rings is 2. The number of nitrogens with two attached hydrogens (primary N) is 1. The van der Waals surface area contributed by atoms with Gasteiger partial charge in [-0.1, -0.05) is 37.9 Å². The summed E-state index contributed by atoms with van der Waals surface area (Å²) >= 11 is 7.03. The summed E-state index contributed by atoms with van der Waals surface area (Å²) in [7, 11) is 1.34. The van der Waals surface area contributed by atoms with Gasteiger partial charge in [-0.05, 0) is 54.8 Å². The quantitative estimate of drug-likeness (QED) is 0.487. The van der Waals surface area contributed by atoms with E-state index in [0.717, 1.165) is 25.6 Å². The van der Waals surface area contributed by atoms with Crippen molar-refractivity contribution in [1.82, 2.24) is 9.78 Å². The molecule has 0 aliphatic heterocycles. The molecule has 1 heterocycles. The second-order valence-corrected chi connectivity index (χ2v) is 8.22. The van der Waals surface area contributed by atoms with Crippen LogP contribution in [-0.2, 0) is 17.7 Å². The van der Waals surface area contributed by atoms with E-state index < -0.39 is 5.97 Å². The highest BCUT2D eigenvalue weighted by Crippen LogP contribution is 2.29. The highest BCUT2D eigenvalue weighted by Gasteiger charge is 2.19. The third kappa shape index (κ3) is 4.36. The molecule has 0 saturated carbocycles. The van der Waals surface area contributed by atoms with Crippen molar-refractivity contribution in [3.05, 3.63) is 67.6 Å². The molecule has 0 saturated heterocycles.